The van der Waals surface area contributed by atoms with E-state index in [-0.39, 0.29) is 11.9 Å². The van der Waals surface area contributed by atoms with Crippen LogP contribution in [0.4, 0.5) is 10.1 Å². The third kappa shape index (κ3) is 5.03. The molecule has 0 aromatic heterocycles. The summed E-state index contributed by atoms with van der Waals surface area (Å²) in [7, 11) is 0. The number of rotatable bonds is 5. The Balaban J connectivity index is 2.02. The second kappa shape index (κ2) is 8.06. The van der Waals surface area contributed by atoms with Crippen molar-refractivity contribution in [3.63, 3.8) is 0 Å². The van der Waals surface area contributed by atoms with Gasteiger partial charge in [-0.25, -0.2) is 4.39 Å². The minimum atomic E-state index is -0.283. The lowest BCUT2D eigenvalue weighted by Gasteiger charge is -2.20. The zero-order valence-corrected chi connectivity index (χ0v) is 14.6. The Morgan fingerprint density at radius 3 is 2.30 bits per heavy atom. The summed E-state index contributed by atoms with van der Waals surface area (Å²) in [6.45, 7) is 6.48. The van der Waals surface area contributed by atoms with Crippen LogP contribution in [0.1, 0.15) is 50.3 Å². The van der Waals surface area contributed by atoms with E-state index in [0.717, 1.165) is 6.42 Å². The molecule has 0 heterocycles. The first-order chi connectivity index (χ1) is 11.0. The zero-order valence-electron chi connectivity index (χ0n) is 13.8. The van der Waals surface area contributed by atoms with Crippen molar-refractivity contribution in [2.24, 2.45) is 0 Å². The van der Waals surface area contributed by atoms with Crippen molar-refractivity contribution >= 4 is 23.0 Å². The largest absolute Gasteiger partial charge is 0.356 e. The molecule has 1 unspecified atom stereocenters. The molecule has 0 amide bonds. The standard InChI is InChI=1S/C19H23FN2S/c1-4-18(15-10-8-14(9-11-15)13(2)3)22-19(23)21-17-7-5-6-16(20)12-17/h5-13,18H,4H2,1-3H3,(H2,21,22,23). The van der Waals surface area contributed by atoms with Gasteiger partial charge >= 0.3 is 0 Å². The van der Waals surface area contributed by atoms with Crippen molar-refractivity contribution in [3.8, 4) is 0 Å². The van der Waals surface area contributed by atoms with Gasteiger partial charge in [0.1, 0.15) is 5.82 Å². The Labute approximate surface area is 143 Å². The molecule has 0 saturated heterocycles. The molecule has 0 aliphatic heterocycles. The summed E-state index contributed by atoms with van der Waals surface area (Å²) in [4.78, 5) is 0. The molecule has 2 rings (SSSR count). The molecule has 1 atom stereocenters. The number of thiocarbonyl (C=S) groups is 1. The van der Waals surface area contributed by atoms with Crippen LogP contribution in [-0.2, 0) is 0 Å². The van der Waals surface area contributed by atoms with Crippen molar-refractivity contribution in [1.82, 2.24) is 5.32 Å². The minimum absolute atomic E-state index is 0.129. The van der Waals surface area contributed by atoms with Crippen molar-refractivity contribution in [1.29, 1.82) is 0 Å². The fourth-order valence-electron chi connectivity index (χ4n) is 2.43. The molecule has 0 bridgehead atoms. The number of benzene rings is 2. The first kappa shape index (κ1) is 17.4. The SMILES string of the molecule is CCC(NC(=S)Nc1cccc(F)c1)c1ccc(C(C)C)cc1. The topological polar surface area (TPSA) is 24.1 Å². The second-order valence-electron chi connectivity index (χ2n) is 5.89. The summed E-state index contributed by atoms with van der Waals surface area (Å²) in [6.07, 6.45) is 0.909. The number of halogens is 1. The van der Waals surface area contributed by atoms with Gasteiger partial charge in [-0.15, -0.1) is 0 Å². The molecule has 0 saturated carbocycles. The van der Waals surface area contributed by atoms with Crippen LogP contribution in [0.3, 0.4) is 0 Å². The highest BCUT2D eigenvalue weighted by molar-refractivity contribution is 7.80. The molecule has 2 N–H and O–H groups in total. The van der Waals surface area contributed by atoms with E-state index in [1.165, 1.54) is 23.3 Å². The van der Waals surface area contributed by atoms with Crippen LogP contribution in [0.15, 0.2) is 48.5 Å². The maximum Gasteiger partial charge on any atom is 0.171 e. The number of nitrogens with one attached hydrogen (secondary N) is 2. The molecular weight excluding hydrogens is 307 g/mol. The monoisotopic (exact) mass is 330 g/mol. The molecule has 2 nitrogen and oxygen atoms in total. The van der Waals surface area contributed by atoms with Gasteiger partial charge in [-0.2, -0.15) is 0 Å². The summed E-state index contributed by atoms with van der Waals surface area (Å²) in [5.41, 5.74) is 3.16. The first-order valence-corrected chi connectivity index (χ1v) is 8.33. The van der Waals surface area contributed by atoms with Crippen LogP contribution in [0.25, 0.3) is 0 Å². The number of hydrogen-bond donors (Lipinski definition) is 2. The number of anilines is 1. The van der Waals surface area contributed by atoms with Crippen molar-refractivity contribution < 1.29 is 4.39 Å². The quantitative estimate of drug-likeness (QED) is 0.719. The molecule has 2 aromatic carbocycles. The Hall–Kier alpha value is -1.94. The average Bonchev–Trinajstić information content (AvgIpc) is 2.52. The maximum atomic E-state index is 13.2. The van der Waals surface area contributed by atoms with Crippen LogP contribution in [0.5, 0.6) is 0 Å². The Morgan fingerprint density at radius 2 is 1.74 bits per heavy atom. The summed E-state index contributed by atoms with van der Waals surface area (Å²) in [5.74, 6) is 0.238. The normalized spacial score (nSPS) is 12.0. The van der Waals surface area contributed by atoms with Crippen LogP contribution in [0.2, 0.25) is 0 Å². The predicted molar refractivity (Wildman–Crippen MR) is 99.3 cm³/mol. The fraction of sp³-hybridized carbons (Fsp3) is 0.316. The maximum absolute atomic E-state index is 13.2. The van der Waals surface area contributed by atoms with Crippen LogP contribution in [-0.4, -0.2) is 5.11 Å². The third-order valence-electron chi connectivity index (χ3n) is 3.80. The lowest BCUT2D eigenvalue weighted by atomic mass is 9.98. The summed E-state index contributed by atoms with van der Waals surface area (Å²) in [5, 5.41) is 6.82. The lowest BCUT2D eigenvalue weighted by molar-refractivity contribution is 0.626. The summed E-state index contributed by atoms with van der Waals surface area (Å²) < 4.78 is 13.2. The highest BCUT2D eigenvalue weighted by Crippen LogP contribution is 2.21. The lowest BCUT2D eigenvalue weighted by Crippen LogP contribution is -2.32. The van der Waals surface area contributed by atoms with Crippen LogP contribution >= 0.6 is 12.2 Å². The molecule has 23 heavy (non-hydrogen) atoms. The van der Waals surface area contributed by atoms with Gasteiger partial charge in [-0.3, -0.25) is 0 Å². The average molecular weight is 330 g/mol. The Kier molecular flexibility index (Phi) is 6.11. The van der Waals surface area contributed by atoms with Crippen LogP contribution in [0, 0.1) is 5.82 Å². The molecule has 0 aliphatic carbocycles. The molecule has 0 radical (unpaired) electrons. The minimum Gasteiger partial charge on any atom is -0.356 e. The third-order valence-corrected chi connectivity index (χ3v) is 4.02. The highest BCUT2D eigenvalue weighted by atomic mass is 32.1. The molecule has 0 spiro atoms. The van der Waals surface area contributed by atoms with Gasteiger partial charge in [0.25, 0.3) is 0 Å². The molecule has 122 valence electrons. The Morgan fingerprint density at radius 1 is 1.09 bits per heavy atom. The second-order valence-corrected chi connectivity index (χ2v) is 6.30. The molecule has 0 aliphatic rings. The molecular formula is C19H23FN2S. The fourth-order valence-corrected chi connectivity index (χ4v) is 2.69. The van der Waals surface area contributed by atoms with Gasteiger partial charge in [0.2, 0.25) is 0 Å². The van der Waals surface area contributed by atoms with E-state index >= 15 is 0 Å². The van der Waals surface area contributed by atoms with Gasteiger partial charge < -0.3 is 10.6 Å². The molecule has 0 fully saturated rings. The van der Waals surface area contributed by atoms with Crippen molar-refractivity contribution in [2.75, 3.05) is 5.32 Å². The van der Waals surface area contributed by atoms with E-state index in [4.69, 9.17) is 12.2 Å². The van der Waals surface area contributed by atoms with E-state index in [2.05, 4.69) is 55.7 Å². The predicted octanol–water partition coefficient (Wildman–Crippen LogP) is 5.39. The van der Waals surface area contributed by atoms with E-state index in [9.17, 15) is 4.39 Å². The smallest absolute Gasteiger partial charge is 0.171 e. The Bertz CT molecular complexity index is 653. The van der Waals surface area contributed by atoms with Gasteiger partial charge in [0, 0.05) is 5.69 Å². The van der Waals surface area contributed by atoms with Gasteiger partial charge in [0.15, 0.2) is 5.11 Å². The van der Waals surface area contributed by atoms with Gasteiger partial charge in [-0.1, -0.05) is 51.1 Å². The first-order valence-electron chi connectivity index (χ1n) is 7.92. The van der Waals surface area contributed by atoms with Gasteiger partial charge in [-0.05, 0) is 53.9 Å². The van der Waals surface area contributed by atoms with Crippen LogP contribution < -0.4 is 10.6 Å². The number of hydrogen-bond acceptors (Lipinski definition) is 1. The summed E-state index contributed by atoms with van der Waals surface area (Å²) >= 11 is 5.34. The highest BCUT2D eigenvalue weighted by Gasteiger charge is 2.11. The van der Waals surface area contributed by atoms with E-state index in [0.29, 0.717) is 16.7 Å². The zero-order chi connectivity index (χ0) is 16.8. The van der Waals surface area contributed by atoms with Gasteiger partial charge in [0.05, 0.1) is 6.04 Å². The summed E-state index contributed by atoms with van der Waals surface area (Å²) in [6, 6.07) is 15.0. The van der Waals surface area contributed by atoms with E-state index in [1.54, 1.807) is 12.1 Å². The van der Waals surface area contributed by atoms with E-state index in [1.807, 2.05) is 0 Å². The molecule has 2 aromatic rings. The van der Waals surface area contributed by atoms with Crippen molar-refractivity contribution in [3.05, 3.63) is 65.5 Å². The molecule has 4 heteroatoms. The van der Waals surface area contributed by atoms with E-state index < -0.39 is 0 Å². The van der Waals surface area contributed by atoms with Crippen molar-refractivity contribution in [2.45, 2.75) is 39.2 Å².